The van der Waals surface area contributed by atoms with Gasteiger partial charge < -0.3 is 5.11 Å². The van der Waals surface area contributed by atoms with E-state index < -0.39 is 11.9 Å². The van der Waals surface area contributed by atoms with Gasteiger partial charge in [-0.05, 0) is 36.5 Å². The van der Waals surface area contributed by atoms with Gasteiger partial charge >= 0.3 is 5.97 Å². The Balaban J connectivity index is 1.82. The number of aromatic nitrogens is 1. The highest BCUT2D eigenvalue weighted by molar-refractivity contribution is 5.76. The van der Waals surface area contributed by atoms with Gasteiger partial charge in [0.2, 0.25) is 0 Å². The van der Waals surface area contributed by atoms with Crippen LogP contribution in [0.5, 0.6) is 0 Å². The van der Waals surface area contributed by atoms with Crippen molar-refractivity contribution < 1.29 is 9.90 Å². The molecule has 0 amide bonds. The summed E-state index contributed by atoms with van der Waals surface area (Å²) in [6, 6.07) is 12.3. The molecule has 1 unspecified atom stereocenters. The first kappa shape index (κ1) is 27.1. The molecule has 2 rings (SSSR count). The smallest absolute Gasteiger partial charge is 0.310 e. The number of carboxylic acid groups (broad SMARTS) is 1. The van der Waals surface area contributed by atoms with Gasteiger partial charge in [-0.1, -0.05) is 121 Å². The summed E-state index contributed by atoms with van der Waals surface area (Å²) in [6.45, 7) is 4.48. The zero-order chi connectivity index (χ0) is 23.7. The Labute approximate surface area is 202 Å². The van der Waals surface area contributed by atoms with E-state index in [1.165, 1.54) is 76.2 Å². The molecule has 0 aliphatic carbocycles. The summed E-state index contributed by atoms with van der Waals surface area (Å²) in [6.07, 6.45) is 20.1. The number of pyridine rings is 1. The Morgan fingerprint density at radius 3 is 1.88 bits per heavy atom. The van der Waals surface area contributed by atoms with Crippen LogP contribution in [0.3, 0.4) is 0 Å². The lowest BCUT2D eigenvalue weighted by atomic mass is 9.92. The Morgan fingerprint density at radius 1 is 0.758 bits per heavy atom. The molecule has 0 fully saturated rings. The molecule has 3 nitrogen and oxygen atoms in total. The second-order valence-electron chi connectivity index (χ2n) is 9.49. The van der Waals surface area contributed by atoms with Crippen molar-refractivity contribution >= 4 is 5.97 Å². The highest BCUT2D eigenvalue weighted by atomic mass is 16.4. The van der Waals surface area contributed by atoms with Crippen LogP contribution >= 0.6 is 0 Å². The van der Waals surface area contributed by atoms with Crippen molar-refractivity contribution in [3.05, 3.63) is 53.7 Å². The number of benzene rings is 1. The minimum Gasteiger partial charge on any atom is -0.481 e. The Hall–Kier alpha value is -2.16. The summed E-state index contributed by atoms with van der Waals surface area (Å²) in [5.74, 6) is -1.13. The zero-order valence-electron chi connectivity index (χ0n) is 21.0. The average molecular weight is 452 g/mol. The lowest BCUT2D eigenvalue weighted by Gasteiger charge is -2.13. The molecule has 3 heteroatoms. The topological polar surface area (TPSA) is 50.2 Å². The van der Waals surface area contributed by atoms with Crippen LogP contribution in [-0.2, 0) is 11.2 Å². The van der Waals surface area contributed by atoms with Gasteiger partial charge in [0.05, 0.1) is 11.6 Å². The Bertz CT molecular complexity index is 767. The fourth-order valence-corrected chi connectivity index (χ4v) is 4.48. The molecular weight excluding hydrogens is 406 g/mol. The van der Waals surface area contributed by atoms with Gasteiger partial charge in [-0.2, -0.15) is 0 Å². The third-order valence-corrected chi connectivity index (χ3v) is 6.65. The molecule has 0 spiro atoms. The predicted molar refractivity (Wildman–Crippen MR) is 140 cm³/mol. The van der Waals surface area contributed by atoms with Crippen LogP contribution in [0.25, 0.3) is 11.3 Å². The van der Waals surface area contributed by atoms with Crippen LogP contribution in [-0.4, -0.2) is 16.1 Å². The number of aryl methyl sites for hydroxylation is 1. The van der Waals surface area contributed by atoms with Crippen molar-refractivity contribution in [3.8, 4) is 11.3 Å². The molecular formula is C30H45NO2. The highest BCUT2D eigenvalue weighted by Gasteiger charge is 2.19. The second-order valence-corrected chi connectivity index (χ2v) is 9.49. The zero-order valence-corrected chi connectivity index (χ0v) is 21.0. The molecule has 0 saturated heterocycles. The predicted octanol–water partition coefficient (Wildman–Crippen LogP) is 8.96. The molecule has 0 aliphatic heterocycles. The molecule has 0 saturated carbocycles. The maximum absolute atomic E-state index is 11.9. The molecule has 2 aromatic rings. The normalized spacial score (nSPS) is 12.1. The summed E-state index contributed by atoms with van der Waals surface area (Å²) >= 11 is 0. The van der Waals surface area contributed by atoms with Crippen LogP contribution in [0.4, 0.5) is 0 Å². The van der Waals surface area contributed by atoms with Crippen molar-refractivity contribution in [2.45, 2.75) is 116 Å². The number of aliphatic carboxylic acids is 1. The summed E-state index contributed by atoms with van der Waals surface area (Å²) < 4.78 is 0. The summed E-state index contributed by atoms with van der Waals surface area (Å²) in [5, 5.41) is 9.75. The number of rotatable bonds is 18. The van der Waals surface area contributed by atoms with Crippen LogP contribution in [0.2, 0.25) is 0 Å². The van der Waals surface area contributed by atoms with Gasteiger partial charge in [0.15, 0.2) is 0 Å². The first-order valence-electron chi connectivity index (χ1n) is 13.4. The van der Waals surface area contributed by atoms with E-state index in [4.69, 9.17) is 0 Å². The maximum Gasteiger partial charge on any atom is 0.310 e. The Morgan fingerprint density at radius 2 is 1.33 bits per heavy atom. The van der Waals surface area contributed by atoms with E-state index >= 15 is 0 Å². The van der Waals surface area contributed by atoms with E-state index in [0.717, 1.165) is 42.5 Å². The number of hydrogen-bond donors (Lipinski definition) is 1. The number of carboxylic acids is 1. The van der Waals surface area contributed by atoms with E-state index in [2.05, 4.69) is 31.0 Å². The third kappa shape index (κ3) is 10.5. The summed E-state index contributed by atoms with van der Waals surface area (Å²) in [4.78, 5) is 16.5. The van der Waals surface area contributed by atoms with Crippen LogP contribution in [0.15, 0.2) is 42.6 Å². The molecule has 1 atom stereocenters. The third-order valence-electron chi connectivity index (χ3n) is 6.65. The molecule has 33 heavy (non-hydrogen) atoms. The molecule has 1 aromatic carbocycles. The van der Waals surface area contributed by atoms with E-state index in [1.54, 1.807) is 0 Å². The quantitative estimate of drug-likeness (QED) is 0.230. The number of hydrogen-bond acceptors (Lipinski definition) is 2. The first-order valence-corrected chi connectivity index (χ1v) is 13.4. The van der Waals surface area contributed by atoms with Crippen LogP contribution in [0, 0.1) is 0 Å². The van der Waals surface area contributed by atoms with Crippen molar-refractivity contribution in [2.24, 2.45) is 0 Å². The van der Waals surface area contributed by atoms with E-state index in [9.17, 15) is 9.90 Å². The molecule has 1 N–H and O–H groups in total. The molecule has 0 radical (unpaired) electrons. The second kappa shape index (κ2) is 16.5. The minimum absolute atomic E-state index is 0.415. The maximum atomic E-state index is 11.9. The Kier molecular flexibility index (Phi) is 13.5. The summed E-state index contributed by atoms with van der Waals surface area (Å²) in [7, 11) is 0. The van der Waals surface area contributed by atoms with Crippen molar-refractivity contribution in [1.29, 1.82) is 0 Å². The van der Waals surface area contributed by atoms with Gasteiger partial charge in [0.25, 0.3) is 0 Å². The SMILES string of the molecule is CCCCCCCCCCC(C(=O)O)c1ccc(-c2ccc(CCCCCCC)cn2)cc1. The van der Waals surface area contributed by atoms with Gasteiger partial charge in [0.1, 0.15) is 0 Å². The van der Waals surface area contributed by atoms with Crippen molar-refractivity contribution in [3.63, 3.8) is 0 Å². The van der Waals surface area contributed by atoms with Gasteiger partial charge in [0, 0.05) is 11.8 Å². The molecule has 1 aromatic heterocycles. The van der Waals surface area contributed by atoms with Crippen LogP contribution < -0.4 is 0 Å². The fourth-order valence-electron chi connectivity index (χ4n) is 4.48. The molecule has 1 heterocycles. The number of carbonyl (C=O) groups is 1. The first-order chi connectivity index (χ1) is 16.2. The number of unbranched alkanes of at least 4 members (excludes halogenated alkanes) is 11. The monoisotopic (exact) mass is 451 g/mol. The minimum atomic E-state index is -0.716. The molecule has 0 aliphatic rings. The highest BCUT2D eigenvalue weighted by Crippen LogP contribution is 2.26. The van der Waals surface area contributed by atoms with Crippen LogP contribution in [0.1, 0.15) is 121 Å². The molecule has 0 bridgehead atoms. The van der Waals surface area contributed by atoms with Crippen molar-refractivity contribution in [2.75, 3.05) is 0 Å². The lowest BCUT2D eigenvalue weighted by molar-refractivity contribution is -0.139. The average Bonchev–Trinajstić information content (AvgIpc) is 2.83. The van der Waals surface area contributed by atoms with Gasteiger partial charge in [-0.25, -0.2) is 0 Å². The van der Waals surface area contributed by atoms with Gasteiger partial charge in [-0.3, -0.25) is 9.78 Å². The number of nitrogens with zero attached hydrogens (tertiary/aromatic N) is 1. The van der Waals surface area contributed by atoms with Gasteiger partial charge in [-0.15, -0.1) is 0 Å². The summed E-state index contributed by atoms with van der Waals surface area (Å²) in [5.41, 5.74) is 4.19. The fraction of sp³-hybridized carbons (Fsp3) is 0.600. The van der Waals surface area contributed by atoms with E-state index in [-0.39, 0.29) is 0 Å². The lowest BCUT2D eigenvalue weighted by Crippen LogP contribution is -2.11. The largest absolute Gasteiger partial charge is 0.481 e. The van der Waals surface area contributed by atoms with E-state index in [0.29, 0.717) is 0 Å². The molecule has 182 valence electrons. The van der Waals surface area contributed by atoms with Crippen molar-refractivity contribution in [1.82, 2.24) is 4.98 Å². The van der Waals surface area contributed by atoms with E-state index in [1.807, 2.05) is 30.5 Å². The standard InChI is InChI=1S/C30H45NO2/c1-3-5-7-9-10-11-13-15-17-28(30(32)33)26-19-21-27(22-20-26)29-23-18-25(24-31-29)16-14-12-8-6-4-2/h18-24,28H,3-17H2,1-2H3,(H,32,33).